The topological polar surface area (TPSA) is 34.1 Å². The standard InChI is InChI=1S/C11H18O2/c1-4-9(12)8-7-11(2,3)6-5-10(8)13/h8H,4-7H2,1-3H3. The van der Waals surface area contributed by atoms with Gasteiger partial charge in [-0.05, 0) is 18.3 Å². The zero-order valence-corrected chi connectivity index (χ0v) is 8.72. The fourth-order valence-electron chi connectivity index (χ4n) is 1.94. The van der Waals surface area contributed by atoms with Crippen molar-refractivity contribution in [3.8, 4) is 0 Å². The van der Waals surface area contributed by atoms with Gasteiger partial charge in [-0.1, -0.05) is 20.8 Å². The number of ketones is 2. The lowest BCUT2D eigenvalue weighted by Crippen LogP contribution is -2.34. The molecule has 1 rings (SSSR count). The Balaban J connectivity index is 2.71. The van der Waals surface area contributed by atoms with Crippen LogP contribution in [-0.4, -0.2) is 11.6 Å². The molecule has 74 valence electrons. The molecule has 0 aromatic heterocycles. The highest BCUT2D eigenvalue weighted by Crippen LogP contribution is 2.37. The Kier molecular flexibility index (Phi) is 2.89. The zero-order chi connectivity index (χ0) is 10.1. The Morgan fingerprint density at radius 2 is 2.15 bits per heavy atom. The van der Waals surface area contributed by atoms with E-state index in [0.29, 0.717) is 12.8 Å². The van der Waals surface area contributed by atoms with Crippen LogP contribution < -0.4 is 0 Å². The highest BCUT2D eigenvalue weighted by Gasteiger charge is 2.36. The van der Waals surface area contributed by atoms with Crippen molar-refractivity contribution >= 4 is 11.6 Å². The summed E-state index contributed by atoms with van der Waals surface area (Å²) >= 11 is 0. The minimum atomic E-state index is -0.297. The molecule has 0 aromatic rings. The van der Waals surface area contributed by atoms with Crippen LogP contribution in [0, 0.1) is 11.3 Å². The van der Waals surface area contributed by atoms with Crippen molar-refractivity contribution in [2.24, 2.45) is 11.3 Å². The quantitative estimate of drug-likeness (QED) is 0.614. The Morgan fingerprint density at radius 3 is 2.69 bits per heavy atom. The summed E-state index contributed by atoms with van der Waals surface area (Å²) in [6.07, 6.45) is 2.76. The number of rotatable bonds is 2. The minimum absolute atomic E-state index is 0.123. The summed E-state index contributed by atoms with van der Waals surface area (Å²) in [6, 6.07) is 0. The van der Waals surface area contributed by atoms with Crippen LogP contribution in [-0.2, 0) is 9.59 Å². The SMILES string of the molecule is CCC(=O)C1CC(C)(C)CCC1=O. The first kappa shape index (κ1) is 10.4. The molecule has 0 spiro atoms. The second kappa shape index (κ2) is 3.60. The van der Waals surface area contributed by atoms with Gasteiger partial charge in [0.1, 0.15) is 11.6 Å². The van der Waals surface area contributed by atoms with Crippen molar-refractivity contribution in [1.29, 1.82) is 0 Å². The second-order valence-electron chi connectivity index (χ2n) is 4.71. The fraction of sp³-hybridized carbons (Fsp3) is 0.818. The first-order valence-electron chi connectivity index (χ1n) is 5.02. The zero-order valence-electron chi connectivity index (χ0n) is 8.72. The first-order valence-corrected chi connectivity index (χ1v) is 5.02. The lowest BCUT2D eigenvalue weighted by Gasteiger charge is -2.33. The van der Waals surface area contributed by atoms with Crippen molar-refractivity contribution < 1.29 is 9.59 Å². The van der Waals surface area contributed by atoms with Crippen molar-refractivity contribution in [2.45, 2.75) is 46.5 Å². The predicted octanol–water partition coefficient (Wildman–Crippen LogP) is 2.36. The van der Waals surface area contributed by atoms with Crippen LogP contribution >= 0.6 is 0 Å². The van der Waals surface area contributed by atoms with Crippen LogP contribution in [0.3, 0.4) is 0 Å². The number of hydrogen-bond acceptors (Lipinski definition) is 2. The molecule has 0 aromatic carbocycles. The summed E-state index contributed by atoms with van der Waals surface area (Å²) in [5.41, 5.74) is 0.170. The van der Waals surface area contributed by atoms with E-state index in [9.17, 15) is 9.59 Å². The van der Waals surface area contributed by atoms with Gasteiger partial charge in [-0.2, -0.15) is 0 Å². The number of carbonyl (C=O) groups excluding carboxylic acids is 2. The lowest BCUT2D eigenvalue weighted by molar-refractivity contribution is -0.136. The van der Waals surface area contributed by atoms with E-state index in [4.69, 9.17) is 0 Å². The maximum absolute atomic E-state index is 11.5. The van der Waals surface area contributed by atoms with Crippen molar-refractivity contribution in [1.82, 2.24) is 0 Å². The molecule has 0 bridgehead atoms. The van der Waals surface area contributed by atoms with Gasteiger partial charge in [-0.3, -0.25) is 9.59 Å². The molecule has 0 N–H and O–H groups in total. The van der Waals surface area contributed by atoms with E-state index in [2.05, 4.69) is 13.8 Å². The Morgan fingerprint density at radius 1 is 1.54 bits per heavy atom. The average molecular weight is 182 g/mol. The Hall–Kier alpha value is -0.660. The monoisotopic (exact) mass is 182 g/mol. The largest absolute Gasteiger partial charge is 0.299 e. The van der Waals surface area contributed by atoms with E-state index in [1.54, 1.807) is 0 Å². The van der Waals surface area contributed by atoms with E-state index >= 15 is 0 Å². The Labute approximate surface area is 79.7 Å². The molecule has 13 heavy (non-hydrogen) atoms. The molecule has 0 amide bonds. The fourth-order valence-corrected chi connectivity index (χ4v) is 1.94. The van der Waals surface area contributed by atoms with Gasteiger partial charge in [-0.15, -0.1) is 0 Å². The molecular formula is C11H18O2. The lowest BCUT2D eigenvalue weighted by atomic mass is 9.70. The second-order valence-corrected chi connectivity index (χ2v) is 4.71. The maximum atomic E-state index is 11.5. The molecule has 0 saturated heterocycles. The molecule has 1 unspecified atom stereocenters. The summed E-state index contributed by atoms with van der Waals surface area (Å²) in [5, 5.41) is 0. The normalized spacial score (nSPS) is 27.3. The Bertz CT molecular complexity index is 220. The van der Waals surface area contributed by atoms with Crippen LogP contribution in [0.2, 0.25) is 0 Å². The van der Waals surface area contributed by atoms with Gasteiger partial charge < -0.3 is 0 Å². The van der Waals surface area contributed by atoms with Crippen LogP contribution in [0.5, 0.6) is 0 Å². The minimum Gasteiger partial charge on any atom is -0.299 e. The van der Waals surface area contributed by atoms with Gasteiger partial charge >= 0.3 is 0 Å². The highest BCUT2D eigenvalue weighted by atomic mass is 16.1. The average Bonchev–Trinajstić information content (AvgIpc) is 2.08. The van der Waals surface area contributed by atoms with Gasteiger partial charge in [0.15, 0.2) is 0 Å². The molecule has 2 heteroatoms. The van der Waals surface area contributed by atoms with Gasteiger partial charge in [0, 0.05) is 12.8 Å². The molecule has 2 nitrogen and oxygen atoms in total. The molecule has 0 aliphatic heterocycles. The van der Waals surface area contributed by atoms with Gasteiger partial charge in [0.05, 0.1) is 5.92 Å². The van der Waals surface area contributed by atoms with E-state index in [0.717, 1.165) is 12.8 Å². The van der Waals surface area contributed by atoms with Crippen molar-refractivity contribution in [3.05, 3.63) is 0 Å². The van der Waals surface area contributed by atoms with Crippen LogP contribution in [0.4, 0.5) is 0 Å². The van der Waals surface area contributed by atoms with E-state index in [1.807, 2.05) is 6.92 Å². The van der Waals surface area contributed by atoms with Crippen LogP contribution in [0.25, 0.3) is 0 Å². The molecule has 0 radical (unpaired) electrons. The molecule has 1 atom stereocenters. The molecule has 1 fully saturated rings. The smallest absolute Gasteiger partial charge is 0.143 e. The van der Waals surface area contributed by atoms with Gasteiger partial charge in [-0.25, -0.2) is 0 Å². The van der Waals surface area contributed by atoms with E-state index in [1.165, 1.54) is 0 Å². The van der Waals surface area contributed by atoms with Gasteiger partial charge in [0.2, 0.25) is 0 Å². The number of hydrogen-bond donors (Lipinski definition) is 0. The van der Waals surface area contributed by atoms with E-state index < -0.39 is 0 Å². The first-order chi connectivity index (χ1) is 5.96. The third kappa shape index (κ3) is 2.39. The molecule has 1 aliphatic carbocycles. The third-order valence-corrected chi connectivity index (χ3v) is 2.93. The molecule has 1 saturated carbocycles. The van der Waals surface area contributed by atoms with Crippen molar-refractivity contribution in [2.75, 3.05) is 0 Å². The maximum Gasteiger partial charge on any atom is 0.143 e. The van der Waals surface area contributed by atoms with Crippen molar-refractivity contribution in [3.63, 3.8) is 0 Å². The number of Topliss-reactive ketones (excluding diaryl/α,β-unsaturated/α-hetero) is 2. The summed E-state index contributed by atoms with van der Waals surface area (Å²) in [6.45, 7) is 6.10. The van der Waals surface area contributed by atoms with Crippen LogP contribution in [0.1, 0.15) is 46.5 Å². The number of carbonyl (C=O) groups is 2. The molecular weight excluding hydrogens is 164 g/mol. The predicted molar refractivity (Wildman–Crippen MR) is 51.4 cm³/mol. The molecule has 0 heterocycles. The third-order valence-electron chi connectivity index (χ3n) is 2.93. The van der Waals surface area contributed by atoms with E-state index in [-0.39, 0.29) is 22.9 Å². The van der Waals surface area contributed by atoms with Gasteiger partial charge in [0.25, 0.3) is 0 Å². The summed E-state index contributed by atoms with van der Waals surface area (Å²) < 4.78 is 0. The summed E-state index contributed by atoms with van der Waals surface area (Å²) in [5.74, 6) is -0.0160. The van der Waals surface area contributed by atoms with Crippen LogP contribution in [0.15, 0.2) is 0 Å². The summed E-state index contributed by atoms with van der Waals surface area (Å²) in [7, 11) is 0. The highest BCUT2D eigenvalue weighted by molar-refractivity contribution is 6.02. The molecule has 1 aliphatic rings. The summed E-state index contributed by atoms with van der Waals surface area (Å²) in [4.78, 5) is 22.9.